The maximum atomic E-state index is 3.78. The Bertz CT molecular complexity index is 558. The second-order valence-corrected chi connectivity index (χ2v) is 6.16. The molecule has 0 radical (unpaired) electrons. The lowest BCUT2D eigenvalue weighted by atomic mass is 9.68. The minimum atomic E-state index is 0.427. The van der Waals surface area contributed by atoms with Gasteiger partial charge in [0.15, 0.2) is 0 Å². The zero-order valence-electron chi connectivity index (χ0n) is 12.3. The Morgan fingerprint density at radius 3 is 2.58 bits per heavy atom. The maximum absolute atomic E-state index is 3.78. The van der Waals surface area contributed by atoms with Crippen LogP contribution < -0.4 is 0 Å². The summed E-state index contributed by atoms with van der Waals surface area (Å²) in [7, 11) is 0. The highest BCUT2D eigenvalue weighted by molar-refractivity contribution is 5.85. The quantitative estimate of drug-likeness (QED) is 0.758. The zero-order chi connectivity index (χ0) is 13.3. The molecule has 0 unspecified atom stereocenters. The predicted molar refractivity (Wildman–Crippen MR) is 82.7 cm³/mol. The van der Waals surface area contributed by atoms with E-state index < -0.39 is 0 Å². The summed E-state index contributed by atoms with van der Waals surface area (Å²) in [5, 5.41) is 1.47. The van der Waals surface area contributed by atoms with Gasteiger partial charge in [0.05, 0.1) is 0 Å². The van der Waals surface area contributed by atoms with Gasteiger partial charge in [-0.1, -0.05) is 44.9 Å². The Labute approximate surface area is 116 Å². The van der Waals surface area contributed by atoms with Gasteiger partial charge in [0.2, 0.25) is 0 Å². The van der Waals surface area contributed by atoms with Gasteiger partial charge in [0, 0.05) is 22.0 Å². The summed E-state index contributed by atoms with van der Waals surface area (Å²) in [6.45, 7) is 4.66. The first-order valence-electron chi connectivity index (χ1n) is 7.91. The first-order valence-corrected chi connectivity index (χ1v) is 7.91. The minimum Gasteiger partial charge on any atom is -0.358 e. The van der Waals surface area contributed by atoms with E-state index >= 15 is 0 Å². The maximum Gasteiger partial charge on any atom is 0.0459 e. The fourth-order valence-electron chi connectivity index (χ4n) is 4.22. The summed E-state index contributed by atoms with van der Waals surface area (Å²) in [6.07, 6.45) is 9.23. The van der Waals surface area contributed by atoms with Crippen molar-refractivity contribution in [3.63, 3.8) is 0 Å². The summed E-state index contributed by atoms with van der Waals surface area (Å²) in [5.74, 6) is 0. The molecule has 0 spiro atoms. The van der Waals surface area contributed by atoms with Crippen molar-refractivity contribution in [3.8, 4) is 0 Å². The van der Waals surface area contributed by atoms with Crippen molar-refractivity contribution in [2.45, 2.75) is 64.2 Å². The number of hydrogen-bond acceptors (Lipinski definition) is 0. The number of fused-ring (bicyclic) bond motifs is 3. The molecule has 0 saturated heterocycles. The molecule has 102 valence electrons. The largest absolute Gasteiger partial charge is 0.358 e. The van der Waals surface area contributed by atoms with E-state index in [2.05, 4.69) is 43.1 Å². The van der Waals surface area contributed by atoms with Gasteiger partial charge in [-0.2, -0.15) is 0 Å². The van der Waals surface area contributed by atoms with Gasteiger partial charge >= 0.3 is 0 Å². The van der Waals surface area contributed by atoms with Gasteiger partial charge in [-0.15, -0.1) is 0 Å². The number of hydrogen-bond donors (Lipinski definition) is 1. The molecule has 0 bridgehead atoms. The number of benzene rings is 1. The summed E-state index contributed by atoms with van der Waals surface area (Å²) >= 11 is 0. The molecule has 0 atom stereocenters. The Morgan fingerprint density at radius 1 is 1.11 bits per heavy atom. The number of H-pyrrole nitrogens is 1. The van der Waals surface area contributed by atoms with Crippen LogP contribution in [-0.4, -0.2) is 4.98 Å². The van der Waals surface area contributed by atoms with Crippen LogP contribution in [0.25, 0.3) is 10.9 Å². The number of aromatic nitrogens is 1. The number of nitrogens with one attached hydrogen (secondary N) is 1. The molecular weight excluding hydrogens is 230 g/mol. The van der Waals surface area contributed by atoms with E-state index in [0.717, 1.165) is 0 Å². The van der Waals surface area contributed by atoms with Gasteiger partial charge in [0.25, 0.3) is 0 Å². The van der Waals surface area contributed by atoms with Gasteiger partial charge in [-0.3, -0.25) is 0 Å². The van der Waals surface area contributed by atoms with Crippen LogP contribution in [0.2, 0.25) is 0 Å². The smallest absolute Gasteiger partial charge is 0.0459 e. The Balaban J connectivity index is 2.17. The van der Waals surface area contributed by atoms with Crippen molar-refractivity contribution in [2.75, 3.05) is 0 Å². The molecule has 1 nitrogen and oxygen atoms in total. The molecule has 0 saturated carbocycles. The molecule has 1 aliphatic carbocycles. The number of aryl methyl sites for hydroxylation is 1. The molecule has 0 amide bonds. The molecule has 1 heterocycles. The molecule has 2 aromatic rings. The lowest BCUT2D eigenvalue weighted by molar-refractivity contribution is 0.299. The van der Waals surface area contributed by atoms with Crippen LogP contribution in [0.1, 0.15) is 63.6 Å². The monoisotopic (exact) mass is 255 g/mol. The third-order valence-electron chi connectivity index (χ3n) is 4.88. The second-order valence-electron chi connectivity index (χ2n) is 6.16. The van der Waals surface area contributed by atoms with E-state index in [9.17, 15) is 0 Å². The number of para-hydroxylation sites is 1. The summed E-state index contributed by atoms with van der Waals surface area (Å²) < 4.78 is 0. The van der Waals surface area contributed by atoms with E-state index in [1.807, 2.05) is 0 Å². The van der Waals surface area contributed by atoms with Crippen molar-refractivity contribution in [2.24, 2.45) is 0 Å². The molecule has 3 rings (SSSR count). The molecular formula is C18H25N. The SMILES string of the molecule is CCCC1(CCC)CCCc2c1[nH]c1ccccc21. The highest BCUT2D eigenvalue weighted by Crippen LogP contribution is 2.45. The Morgan fingerprint density at radius 2 is 1.84 bits per heavy atom. The molecule has 1 aliphatic rings. The highest BCUT2D eigenvalue weighted by atomic mass is 14.8. The topological polar surface area (TPSA) is 15.8 Å². The Hall–Kier alpha value is -1.24. The number of rotatable bonds is 4. The van der Waals surface area contributed by atoms with Crippen LogP contribution in [0.15, 0.2) is 24.3 Å². The van der Waals surface area contributed by atoms with E-state index in [1.165, 1.54) is 55.8 Å². The van der Waals surface area contributed by atoms with Crippen LogP contribution in [0.3, 0.4) is 0 Å². The van der Waals surface area contributed by atoms with Crippen molar-refractivity contribution >= 4 is 10.9 Å². The first-order chi connectivity index (χ1) is 9.30. The van der Waals surface area contributed by atoms with Crippen LogP contribution in [0, 0.1) is 0 Å². The summed E-state index contributed by atoms with van der Waals surface area (Å²) in [4.78, 5) is 3.78. The average molecular weight is 255 g/mol. The molecule has 1 N–H and O–H groups in total. The predicted octanol–water partition coefficient (Wildman–Crippen LogP) is 5.34. The first kappa shape index (κ1) is 12.8. The van der Waals surface area contributed by atoms with Gasteiger partial charge < -0.3 is 4.98 Å². The fourth-order valence-corrected chi connectivity index (χ4v) is 4.22. The van der Waals surface area contributed by atoms with Crippen LogP contribution in [-0.2, 0) is 11.8 Å². The third kappa shape index (κ3) is 2.00. The molecule has 0 aliphatic heterocycles. The summed E-state index contributed by atoms with van der Waals surface area (Å²) in [5.41, 5.74) is 4.95. The van der Waals surface area contributed by atoms with Crippen molar-refractivity contribution in [1.29, 1.82) is 0 Å². The Kier molecular flexibility index (Phi) is 3.38. The molecule has 1 aromatic heterocycles. The van der Waals surface area contributed by atoms with Gasteiger partial charge in [-0.25, -0.2) is 0 Å². The fraction of sp³-hybridized carbons (Fsp3) is 0.556. The normalized spacial score (nSPS) is 17.6. The van der Waals surface area contributed by atoms with E-state index in [1.54, 1.807) is 11.3 Å². The van der Waals surface area contributed by atoms with Crippen LogP contribution in [0.5, 0.6) is 0 Å². The van der Waals surface area contributed by atoms with E-state index in [4.69, 9.17) is 0 Å². The van der Waals surface area contributed by atoms with Crippen molar-refractivity contribution < 1.29 is 0 Å². The standard InChI is InChI=1S/C18H25N/c1-3-11-18(12-4-2)13-7-9-15-14-8-5-6-10-16(14)19-17(15)18/h5-6,8,10,19H,3-4,7,9,11-13H2,1-2H3. The zero-order valence-corrected chi connectivity index (χ0v) is 12.3. The molecule has 1 heteroatoms. The molecule has 0 fully saturated rings. The average Bonchev–Trinajstić information content (AvgIpc) is 2.80. The lowest BCUT2D eigenvalue weighted by Crippen LogP contribution is -2.31. The van der Waals surface area contributed by atoms with Gasteiger partial charge in [-0.05, 0) is 43.7 Å². The second kappa shape index (κ2) is 5.03. The lowest BCUT2D eigenvalue weighted by Gasteiger charge is -2.37. The van der Waals surface area contributed by atoms with Crippen molar-refractivity contribution in [3.05, 3.63) is 35.5 Å². The van der Waals surface area contributed by atoms with Gasteiger partial charge in [0.1, 0.15) is 0 Å². The highest BCUT2D eigenvalue weighted by Gasteiger charge is 2.37. The number of aromatic amines is 1. The minimum absolute atomic E-state index is 0.427. The van der Waals surface area contributed by atoms with E-state index in [0.29, 0.717) is 5.41 Å². The van der Waals surface area contributed by atoms with Crippen LogP contribution >= 0.6 is 0 Å². The third-order valence-corrected chi connectivity index (χ3v) is 4.88. The molecule has 19 heavy (non-hydrogen) atoms. The van der Waals surface area contributed by atoms with E-state index in [-0.39, 0.29) is 0 Å². The molecule has 1 aromatic carbocycles. The summed E-state index contributed by atoms with van der Waals surface area (Å²) in [6, 6.07) is 8.84. The van der Waals surface area contributed by atoms with Crippen LogP contribution in [0.4, 0.5) is 0 Å². The van der Waals surface area contributed by atoms with Crippen molar-refractivity contribution in [1.82, 2.24) is 4.98 Å².